The van der Waals surface area contributed by atoms with E-state index in [9.17, 15) is 4.79 Å². The van der Waals surface area contributed by atoms with Crippen molar-refractivity contribution in [1.82, 2.24) is 35.7 Å². The van der Waals surface area contributed by atoms with Gasteiger partial charge < -0.3 is 15.1 Å². The number of aromatic amines is 1. The van der Waals surface area contributed by atoms with Crippen molar-refractivity contribution in [2.45, 2.75) is 13.0 Å². The number of nitrogens with zero attached hydrogens (tertiary/aromatic N) is 5. The number of amides is 2. The van der Waals surface area contributed by atoms with Gasteiger partial charge >= 0.3 is 6.03 Å². The van der Waals surface area contributed by atoms with Crippen molar-refractivity contribution in [2.24, 2.45) is 0 Å². The Morgan fingerprint density at radius 2 is 2.12 bits per heavy atom. The Labute approximate surface area is 100 Å². The van der Waals surface area contributed by atoms with Gasteiger partial charge in [0.15, 0.2) is 5.82 Å². The van der Waals surface area contributed by atoms with E-state index >= 15 is 0 Å². The summed E-state index contributed by atoms with van der Waals surface area (Å²) in [5.41, 5.74) is 0. The highest BCUT2D eigenvalue weighted by atomic mass is 16.2. The van der Waals surface area contributed by atoms with E-state index < -0.39 is 0 Å². The first-order valence-electron chi connectivity index (χ1n) is 5.46. The Hall–Kier alpha value is -1.70. The molecule has 0 aliphatic heterocycles. The lowest BCUT2D eigenvalue weighted by Crippen LogP contribution is -2.38. The fourth-order valence-electron chi connectivity index (χ4n) is 1.27. The third kappa shape index (κ3) is 5.25. The van der Waals surface area contributed by atoms with Gasteiger partial charge in [0, 0.05) is 13.6 Å². The smallest absolute Gasteiger partial charge is 0.317 e. The quantitative estimate of drug-likeness (QED) is 0.687. The van der Waals surface area contributed by atoms with Crippen LogP contribution in [0.25, 0.3) is 0 Å². The summed E-state index contributed by atoms with van der Waals surface area (Å²) in [6.45, 7) is 1.99. The number of hydrogen-bond acceptors (Lipinski definition) is 5. The number of H-pyrrole nitrogens is 1. The highest BCUT2D eigenvalue weighted by Gasteiger charge is 2.08. The van der Waals surface area contributed by atoms with E-state index in [-0.39, 0.29) is 6.03 Å². The molecule has 1 aromatic rings. The van der Waals surface area contributed by atoms with Gasteiger partial charge in [-0.2, -0.15) is 0 Å². The molecule has 0 saturated carbocycles. The van der Waals surface area contributed by atoms with Gasteiger partial charge in [-0.3, -0.25) is 0 Å². The molecule has 1 aromatic heterocycles. The Morgan fingerprint density at radius 1 is 1.35 bits per heavy atom. The van der Waals surface area contributed by atoms with Gasteiger partial charge in [0.05, 0.1) is 6.54 Å². The van der Waals surface area contributed by atoms with Crippen LogP contribution in [0, 0.1) is 0 Å². The largest absolute Gasteiger partial charge is 0.331 e. The summed E-state index contributed by atoms with van der Waals surface area (Å²) in [4.78, 5) is 15.4. The molecular formula is C9H19N7O. The van der Waals surface area contributed by atoms with Crippen molar-refractivity contribution < 1.29 is 4.79 Å². The zero-order chi connectivity index (χ0) is 12.7. The number of urea groups is 1. The molecule has 0 unspecified atom stereocenters. The van der Waals surface area contributed by atoms with Gasteiger partial charge in [0.2, 0.25) is 0 Å². The Kier molecular flexibility index (Phi) is 5.34. The van der Waals surface area contributed by atoms with E-state index in [2.05, 4.69) is 30.8 Å². The average Bonchev–Trinajstić information content (AvgIpc) is 2.78. The van der Waals surface area contributed by atoms with E-state index in [1.54, 1.807) is 11.9 Å². The molecule has 8 nitrogen and oxygen atoms in total. The molecule has 0 saturated heterocycles. The van der Waals surface area contributed by atoms with E-state index in [1.165, 1.54) is 0 Å². The minimum atomic E-state index is -0.125. The van der Waals surface area contributed by atoms with Gasteiger partial charge in [-0.25, -0.2) is 9.89 Å². The topological polar surface area (TPSA) is 90.0 Å². The molecule has 2 N–H and O–H groups in total. The SMILES string of the molecule is CN(C)CCCN(C)C(=O)NCc1nnn[nH]1. The van der Waals surface area contributed by atoms with Crippen LogP contribution < -0.4 is 5.32 Å². The van der Waals surface area contributed by atoms with Crippen LogP contribution in [0.15, 0.2) is 0 Å². The first-order chi connectivity index (χ1) is 8.09. The lowest BCUT2D eigenvalue weighted by Gasteiger charge is -2.18. The molecule has 0 aliphatic carbocycles. The van der Waals surface area contributed by atoms with E-state index in [0.29, 0.717) is 12.4 Å². The Bertz CT molecular complexity index is 324. The maximum absolute atomic E-state index is 11.6. The molecule has 0 bridgehead atoms. The highest BCUT2D eigenvalue weighted by Crippen LogP contribution is 1.91. The number of carbonyl (C=O) groups excluding carboxylic acids is 1. The lowest BCUT2D eigenvalue weighted by molar-refractivity contribution is 0.205. The number of carbonyl (C=O) groups is 1. The fourth-order valence-corrected chi connectivity index (χ4v) is 1.27. The second-order valence-electron chi connectivity index (χ2n) is 4.09. The maximum atomic E-state index is 11.6. The monoisotopic (exact) mass is 241 g/mol. The molecule has 17 heavy (non-hydrogen) atoms. The van der Waals surface area contributed by atoms with Crippen LogP contribution in [-0.4, -0.2) is 70.7 Å². The summed E-state index contributed by atoms with van der Waals surface area (Å²) >= 11 is 0. The number of hydrogen-bond donors (Lipinski definition) is 2. The first-order valence-corrected chi connectivity index (χ1v) is 5.46. The molecule has 0 atom stereocenters. The zero-order valence-electron chi connectivity index (χ0n) is 10.5. The van der Waals surface area contributed by atoms with Gasteiger partial charge in [-0.1, -0.05) is 0 Å². The second kappa shape index (κ2) is 6.79. The molecule has 0 radical (unpaired) electrons. The molecule has 0 spiro atoms. The summed E-state index contributed by atoms with van der Waals surface area (Å²) in [6.07, 6.45) is 0.945. The molecule has 0 fully saturated rings. The van der Waals surface area contributed by atoms with Crippen LogP contribution in [0.1, 0.15) is 12.2 Å². The average molecular weight is 241 g/mol. The predicted octanol–water partition coefficient (Wildman–Crippen LogP) is -0.707. The standard InChI is InChI=1S/C9H19N7O/c1-15(2)5-4-6-16(3)9(17)10-7-8-11-13-14-12-8/h4-7H2,1-3H3,(H,10,17)(H,11,12,13,14). The van der Waals surface area contributed by atoms with Crippen molar-refractivity contribution in [3.8, 4) is 0 Å². The second-order valence-corrected chi connectivity index (χ2v) is 4.09. The van der Waals surface area contributed by atoms with Crippen LogP contribution in [-0.2, 0) is 6.54 Å². The van der Waals surface area contributed by atoms with Gasteiger partial charge in [0.1, 0.15) is 0 Å². The Balaban J connectivity index is 2.18. The molecular weight excluding hydrogens is 222 g/mol. The van der Waals surface area contributed by atoms with Gasteiger partial charge in [-0.15, -0.1) is 5.10 Å². The van der Waals surface area contributed by atoms with E-state index in [4.69, 9.17) is 0 Å². The normalized spacial score (nSPS) is 10.6. The maximum Gasteiger partial charge on any atom is 0.317 e. The summed E-state index contributed by atoms with van der Waals surface area (Å²) in [7, 11) is 5.79. The zero-order valence-corrected chi connectivity index (χ0v) is 10.5. The fraction of sp³-hybridized carbons (Fsp3) is 0.778. The minimum Gasteiger partial charge on any atom is -0.331 e. The van der Waals surface area contributed by atoms with Crippen LogP contribution >= 0.6 is 0 Å². The molecule has 1 rings (SSSR count). The summed E-state index contributed by atoms with van der Waals surface area (Å²) in [6, 6.07) is -0.125. The minimum absolute atomic E-state index is 0.125. The Morgan fingerprint density at radius 3 is 2.71 bits per heavy atom. The number of rotatable bonds is 6. The number of tetrazole rings is 1. The van der Waals surface area contributed by atoms with Crippen molar-refractivity contribution in [1.29, 1.82) is 0 Å². The molecule has 96 valence electrons. The van der Waals surface area contributed by atoms with Crippen LogP contribution in [0.5, 0.6) is 0 Å². The molecule has 2 amide bonds. The summed E-state index contributed by atoms with van der Waals surface area (Å²) in [5, 5.41) is 15.8. The van der Waals surface area contributed by atoms with Crippen molar-refractivity contribution in [3.63, 3.8) is 0 Å². The number of aromatic nitrogens is 4. The molecule has 0 aromatic carbocycles. The van der Waals surface area contributed by atoms with Crippen molar-refractivity contribution in [2.75, 3.05) is 34.2 Å². The van der Waals surface area contributed by atoms with Gasteiger partial charge in [-0.05, 0) is 37.5 Å². The highest BCUT2D eigenvalue weighted by molar-refractivity contribution is 5.73. The van der Waals surface area contributed by atoms with Crippen LogP contribution in [0.4, 0.5) is 4.79 Å². The molecule has 1 heterocycles. The molecule has 0 aliphatic rings. The predicted molar refractivity (Wildman–Crippen MR) is 62.2 cm³/mol. The van der Waals surface area contributed by atoms with Gasteiger partial charge in [0.25, 0.3) is 0 Å². The summed E-state index contributed by atoms with van der Waals surface area (Å²) in [5.74, 6) is 0.542. The third-order valence-corrected chi connectivity index (χ3v) is 2.24. The number of nitrogens with one attached hydrogen (secondary N) is 2. The van der Waals surface area contributed by atoms with Crippen molar-refractivity contribution in [3.05, 3.63) is 5.82 Å². The lowest BCUT2D eigenvalue weighted by atomic mass is 10.4. The molecule has 8 heteroatoms. The van der Waals surface area contributed by atoms with E-state index in [0.717, 1.165) is 19.5 Å². The van der Waals surface area contributed by atoms with Crippen molar-refractivity contribution >= 4 is 6.03 Å². The van der Waals surface area contributed by atoms with E-state index in [1.807, 2.05) is 14.1 Å². The van der Waals surface area contributed by atoms with Crippen LogP contribution in [0.2, 0.25) is 0 Å². The first kappa shape index (κ1) is 13.4. The van der Waals surface area contributed by atoms with Crippen LogP contribution in [0.3, 0.4) is 0 Å². The third-order valence-electron chi connectivity index (χ3n) is 2.24. The summed E-state index contributed by atoms with van der Waals surface area (Å²) < 4.78 is 0.